The predicted octanol–water partition coefficient (Wildman–Crippen LogP) is 2.57. The first-order chi connectivity index (χ1) is 12.2. The standard InChI is InChI=1S/C19H20N4O2.ClH/c1-25-15-5-4-13-8-12(2-3-14(13)9-15)10-21-19(24)18-16-11-20-7-6-17(16)22-23-18;/h2-5,8-9,20H,6-7,10-11H2,1H3,(H,21,24)(H,22,23);1H. The molecule has 3 N–H and O–H groups in total. The van der Waals surface area contributed by atoms with Gasteiger partial charge in [-0.2, -0.15) is 5.10 Å². The molecule has 6 nitrogen and oxygen atoms in total. The number of ether oxygens (including phenoxy) is 1. The van der Waals surface area contributed by atoms with Crippen LogP contribution in [0.3, 0.4) is 0 Å². The Hall–Kier alpha value is -2.57. The van der Waals surface area contributed by atoms with Gasteiger partial charge in [0, 0.05) is 37.3 Å². The van der Waals surface area contributed by atoms with Crippen molar-refractivity contribution < 1.29 is 9.53 Å². The lowest BCUT2D eigenvalue weighted by Crippen LogP contribution is -2.28. The van der Waals surface area contributed by atoms with Gasteiger partial charge in [-0.25, -0.2) is 0 Å². The van der Waals surface area contributed by atoms with Gasteiger partial charge in [0.25, 0.3) is 5.91 Å². The number of aromatic nitrogens is 2. The van der Waals surface area contributed by atoms with E-state index in [0.717, 1.165) is 46.3 Å². The molecule has 0 aliphatic carbocycles. The highest BCUT2D eigenvalue weighted by Gasteiger charge is 2.21. The Bertz CT molecular complexity index is 938. The maximum absolute atomic E-state index is 12.5. The zero-order valence-corrected chi connectivity index (χ0v) is 15.3. The minimum Gasteiger partial charge on any atom is -0.497 e. The molecule has 3 aromatic rings. The molecular formula is C19H21ClN4O2. The lowest BCUT2D eigenvalue weighted by molar-refractivity contribution is 0.0944. The van der Waals surface area contributed by atoms with Crippen molar-refractivity contribution in [3.8, 4) is 5.75 Å². The van der Waals surface area contributed by atoms with E-state index in [1.807, 2.05) is 30.3 Å². The molecule has 4 rings (SSSR count). The highest BCUT2D eigenvalue weighted by Crippen LogP contribution is 2.22. The first kappa shape index (κ1) is 18.2. The molecule has 2 heterocycles. The zero-order valence-electron chi connectivity index (χ0n) is 14.5. The molecule has 0 fully saturated rings. The Morgan fingerprint density at radius 3 is 2.88 bits per heavy atom. The number of fused-ring (bicyclic) bond motifs is 2. The number of hydrogen-bond donors (Lipinski definition) is 3. The normalized spacial score (nSPS) is 13.0. The van der Waals surface area contributed by atoms with Crippen LogP contribution in [0.2, 0.25) is 0 Å². The van der Waals surface area contributed by atoms with E-state index in [9.17, 15) is 4.79 Å². The number of carbonyl (C=O) groups excluding carboxylic acids is 1. The lowest BCUT2D eigenvalue weighted by Gasteiger charge is -2.13. The monoisotopic (exact) mass is 372 g/mol. The smallest absolute Gasteiger partial charge is 0.272 e. The SMILES string of the molecule is COc1ccc2cc(CNC(=O)c3n[nH]c4c3CNCC4)ccc2c1.Cl. The molecule has 0 bridgehead atoms. The summed E-state index contributed by atoms with van der Waals surface area (Å²) in [6, 6.07) is 12.1. The molecule has 0 spiro atoms. The Kier molecular flexibility index (Phi) is 5.44. The zero-order chi connectivity index (χ0) is 17.2. The number of nitrogens with zero attached hydrogens (tertiary/aromatic N) is 1. The summed E-state index contributed by atoms with van der Waals surface area (Å²) >= 11 is 0. The van der Waals surface area contributed by atoms with Gasteiger partial charge in [0.2, 0.25) is 0 Å². The number of hydrogen-bond acceptors (Lipinski definition) is 4. The van der Waals surface area contributed by atoms with Gasteiger partial charge in [0.15, 0.2) is 5.69 Å². The van der Waals surface area contributed by atoms with E-state index in [-0.39, 0.29) is 18.3 Å². The molecule has 1 aliphatic rings. The van der Waals surface area contributed by atoms with Crippen LogP contribution in [0.25, 0.3) is 10.8 Å². The van der Waals surface area contributed by atoms with Crippen LogP contribution in [0.15, 0.2) is 36.4 Å². The van der Waals surface area contributed by atoms with Gasteiger partial charge in [-0.05, 0) is 34.5 Å². The molecule has 0 atom stereocenters. The largest absolute Gasteiger partial charge is 0.497 e. The molecule has 2 aromatic carbocycles. The fraction of sp³-hybridized carbons (Fsp3) is 0.263. The van der Waals surface area contributed by atoms with Crippen LogP contribution in [0.5, 0.6) is 5.75 Å². The number of methoxy groups -OCH3 is 1. The van der Waals surface area contributed by atoms with Crippen molar-refractivity contribution in [3.63, 3.8) is 0 Å². The number of H-pyrrole nitrogens is 1. The van der Waals surface area contributed by atoms with E-state index in [2.05, 4.69) is 26.9 Å². The van der Waals surface area contributed by atoms with Gasteiger partial charge < -0.3 is 15.4 Å². The lowest BCUT2D eigenvalue weighted by atomic mass is 10.1. The van der Waals surface area contributed by atoms with Gasteiger partial charge in [0.1, 0.15) is 5.75 Å². The van der Waals surface area contributed by atoms with Gasteiger partial charge in [-0.1, -0.05) is 18.2 Å². The molecule has 0 unspecified atom stereocenters. The number of benzene rings is 2. The van der Waals surface area contributed by atoms with Crippen LogP contribution in [0.4, 0.5) is 0 Å². The molecule has 0 radical (unpaired) electrons. The highest BCUT2D eigenvalue weighted by atomic mass is 35.5. The summed E-state index contributed by atoms with van der Waals surface area (Å²) in [4.78, 5) is 12.5. The Morgan fingerprint density at radius 2 is 2.04 bits per heavy atom. The van der Waals surface area contributed by atoms with Crippen molar-refractivity contribution in [2.24, 2.45) is 0 Å². The number of carbonyl (C=O) groups is 1. The van der Waals surface area contributed by atoms with Crippen molar-refractivity contribution in [1.29, 1.82) is 0 Å². The number of halogens is 1. The van der Waals surface area contributed by atoms with E-state index >= 15 is 0 Å². The third kappa shape index (κ3) is 3.52. The second kappa shape index (κ2) is 7.76. The fourth-order valence-corrected chi connectivity index (χ4v) is 3.19. The Morgan fingerprint density at radius 1 is 1.23 bits per heavy atom. The topological polar surface area (TPSA) is 79.0 Å². The first-order valence-corrected chi connectivity index (χ1v) is 8.36. The average molecular weight is 373 g/mol. The van der Waals surface area contributed by atoms with Crippen LogP contribution in [0.1, 0.15) is 27.3 Å². The second-order valence-corrected chi connectivity index (χ2v) is 6.19. The minimum atomic E-state index is -0.143. The fourth-order valence-electron chi connectivity index (χ4n) is 3.19. The van der Waals surface area contributed by atoms with Crippen molar-refractivity contribution in [3.05, 3.63) is 58.9 Å². The van der Waals surface area contributed by atoms with E-state index in [1.54, 1.807) is 7.11 Å². The van der Waals surface area contributed by atoms with Crippen molar-refractivity contribution in [1.82, 2.24) is 20.8 Å². The number of rotatable bonds is 4. The molecule has 1 aromatic heterocycles. The van der Waals surface area contributed by atoms with Gasteiger partial charge in [-0.15, -0.1) is 12.4 Å². The van der Waals surface area contributed by atoms with E-state index in [1.165, 1.54) is 0 Å². The maximum atomic E-state index is 12.5. The van der Waals surface area contributed by atoms with Crippen LogP contribution < -0.4 is 15.4 Å². The summed E-state index contributed by atoms with van der Waals surface area (Å²) in [7, 11) is 1.66. The molecule has 26 heavy (non-hydrogen) atoms. The van der Waals surface area contributed by atoms with Crippen LogP contribution in [0, 0.1) is 0 Å². The number of amides is 1. The second-order valence-electron chi connectivity index (χ2n) is 6.19. The summed E-state index contributed by atoms with van der Waals surface area (Å²) in [5.41, 5.74) is 3.58. The highest BCUT2D eigenvalue weighted by molar-refractivity contribution is 5.94. The van der Waals surface area contributed by atoms with E-state index < -0.39 is 0 Å². The number of aromatic amines is 1. The maximum Gasteiger partial charge on any atom is 0.272 e. The van der Waals surface area contributed by atoms with Crippen molar-refractivity contribution in [2.45, 2.75) is 19.5 Å². The van der Waals surface area contributed by atoms with E-state index in [4.69, 9.17) is 4.74 Å². The molecular weight excluding hydrogens is 352 g/mol. The van der Waals surface area contributed by atoms with Gasteiger partial charge >= 0.3 is 0 Å². The summed E-state index contributed by atoms with van der Waals surface area (Å²) in [5, 5.41) is 15.6. The van der Waals surface area contributed by atoms with E-state index in [0.29, 0.717) is 18.8 Å². The predicted molar refractivity (Wildman–Crippen MR) is 103 cm³/mol. The Labute approximate surface area is 157 Å². The third-order valence-electron chi connectivity index (χ3n) is 4.59. The molecule has 1 amide bonds. The summed E-state index contributed by atoms with van der Waals surface area (Å²) in [5.74, 6) is 0.696. The van der Waals surface area contributed by atoms with Gasteiger partial charge in [0.05, 0.1) is 7.11 Å². The van der Waals surface area contributed by atoms with Crippen LogP contribution in [-0.2, 0) is 19.5 Å². The van der Waals surface area contributed by atoms with Gasteiger partial charge in [-0.3, -0.25) is 9.89 Å². The molecule has 7 heteroatoms. The molecule has 136 valence electrons. The average Bonchev–Trinajstić information content (AvgIpc) is 3.09. The summed E-state index contributed by atoms with van der Waals surface area (Å²) < 4.78 is 5.25. The summed E-state index contributed by atoms with van der Waals surface area (Å²) in [6.07, 6.45) is 0.879. The van der Waals surface area contributed by atoms with Crippen LogP contribution in [-0.4, -0.2) is 29.8 Å². The molecule has 1 aliphatic heterocycles. The number of nitrogens with one attached hydrogen (secondary N) is 3. The molecule has 0 saturated heterocycles. The third-order valence-corrected chi connectivity index (χ3v) is 4.59. The molecule has 0 saturated carbocycles. The minimum absolute atomic E-state index is 0. The summed E-state index contributed by atoms with van der Waals surface area (Å²) in [6.45, 7) is 2.07. The van der Waals surface area contributed by atoms with Crippen LogP contribution >= 0.6 is 12.4 Å². The quantitative estimate of drug-likeness (QED) is 0.657. The first-order valence-electron chi connectivity index (χ1n) is 8.36. The Balaban J connectivity index is 0.00000196. The van der Waals surface area contributed by atoms with Crippen molar-refractivity contribution in [2.75, 3.05) is 13.7 Å². The van der Waals surface area contributed by atoms with Crippen molar-refractivity contribution >= 4 is 29.1 Å².